The Bertz CT molecular complexity index is 340. The summed E-state index contributed by atoms with van der Waals surface area (Å²) in [5.41, 5.74) is 6.36. The summed E-state index contributed by atoms with van der Waals surface area (Å²) in [5, 5.41) is 9.09. The molecule has 1 aromatic rings. The van der Waals surface area contributed by atoms with Crippen molar-refractivity contribution in [2.24, 2.45) is 5.73 Å². The molecule has 90 valence electrons. The molecule has 0 spiro atoms. The van der Waals surface area contributed by atoms with Crippen molar-refractivity contribution in [3.05, 3.63) is 29.6 Å². The normalized spacial score (nSPS) is 14.6. The SMILES string of the molecule is CC(O)CCOc1ccc(F)cc1C(C)N. The summed E-state index contributed by atoms with van der Waals surface area (Å²) in [5.74, 6) is 0.257. The van der Waals surface area contributed by atoms with E-state index in [1.165, 1.54) is 12.1 Å². The molecular formula is C12H18FNO2. The zero-order valence-corrected chi connectivity index (χ0v) is 9.61. The monoisotopic (exact) mass is 227 g/mol. The summed E-state index contributed by atoms with van der Waals surface area (Å²) >= 11 is 0. The molecule has 0 heterocycles. The van der Waals surface area contributed by atoms with E-state index in [1.54, 1.807) is 19.9 Å². The minimum absolute atomic E-state index is 0.280. The van der Waals surface area contributed by atoms with Crippen molar-refractivity contribution in [2.75, 3.05) is 6.61 Å². The molecule has 0 radical (unpaired) electrons. The maximum atomic E-state index is 13.0. The van der Waals surface area contributed by atoms with E-state index in [0.717, 1.165) is 0 Å². The summed E-state index contributed by atoms with van der Waals surface area (Å²) in [6.07, 6.45) is 0.134. The molecule has 16 heavy (non-hydrogen) atoms. The van der Waals surface area contributed by atoms with Crippen LogP contribution in [0.25, 0.3) is 0 Å². The van der Waals surface area contributed by atoms with Gasteiger partial charge in [-0.2, -0.15) is 0 Å². The quantitative estimate of drug-likeness (QED) is 0.808. The van der Waals surface area contributed by atoms with E-state index in [4.69, 9.17) is 15.6 Å². The number of aliphatic hydroxyl groups excluding tert-OH is 1. The number of nitrogens with two attached hydrogens (primary N) is 1. The van der Waals surface area contributed by atoms with E-state index >= 15 is 0 Å². The minimum Gasteiger partial charge on any atom is -0.493 e. The smallest absolute Gasteiger partial charge is 0.124 e. The lowest BCUT2D eigenvalue weighted by Gasteiger charge is -2.14. The molecule has 4 heteroatoms. The Morgan fingerprint density at radius 1 is 1.44 bits per heavy atom. The third-order valence-electron chi connectivity index (χ3n) is 2.26. The molecule has 0 aliphatic heterocycles. The topological polar surface area (TPSA) is 55.5 Å². The van der Waals surface area contributed by atoms with Crippen LogP contribution in [-0.2, 0) is 0 Å². The summed E-state index contributed by atoms with van der Waals surface area (Å²) in [6.45, 7) is 3.86. The number of halogens is 1. The molecule has 0 saturated heterocycles. The lowest BCUT2D eigenvalue weighted by molar-refractivity contribution is 0.155. The third kappa shape index (κ3) is 3.79. The van der Waals surface area contributed by atoms with Gasteiger partial charge in [-0.15, -0.1) is 0 Å². The van der Waals surface area contributed by atoms with Crippen LogP contribution in [-0.4, -0.2) is 17.8 Å². The fraction of sp³-hybridized carbons (Fsp3) is 0.500. The summed E-state index contributed by atoms with van der Waals surface area (Å²) in [6, 6.07) is 4.00. The Kier molecular flexibility index (Phi) is 4.71. The van der Waals surface area contributed by atoms with E-state index in [1.807, 2.05) is 0 Å². The molecule has 3 N–H and O–H groups in total. The van der Waals surface area contributed by atoms with Crippen LogP contribution in [0.3, 0.4) is 0 Å². The second-order valence-corrected chi connectivity index (χ2v) is 3.96. The van der Waals surface area contributed by atoms with E-state index in [0.29, 0.717) is 24.3 Å². The molecule has 0 fully saturated rings. The molecule has 0 aliphatic rings. The van der Waals surface area contributed by atoms with Gasteiger partial charge in [-0.3, -0.25) is 0 Å². The van der Waals surface area contributed by atoms with Crippen molar-refractivity contribution in [1.82, 2.24) is 0 Å². The zero-order valence-electron chi connectivity index (χ0n) is 9.61. The van der Waals surface area contributed by atoms with Crippen molar-refractivity contribution in [3.8, 4) is 5.75 Å². The van der Waals surface area contributed by atoms with Crippen LogP contribution in [0.2, 0.25) is 0 Å². The van der Waals surface area contributed by atoms with Crippen LogP contribution in [0.5, 0.6) is 5.75 Å². The van der Waals surface area contributed by atoms with Gasteiger partial charge in [0.05, 0.1) is 12.7 Å². The summed E-state index contributed by atoms with van der Waals surface area (Å²) in [4.78, 5) is 0. The zero-order chi connectivity index (χ0) is 12.1. The molecule has 2 unspecified atom stereocenters. The largest absolute Gasteiger partial charge is 0.493 e. The van der Waals surface area contributed by atoms with Crippen LogP contribution >= 0.6 is 0 Å². The second-order valence-electron chi connectivity index (χ2n) is 3.96. The fourth-order valence-electron chi connectivity index (χ4n) is 1.35. The Labute approximate surface area is 95.0 Å². The van der Waals surface area contributed by atoms with Crippen LogP contribution in [0, 0.1) is 5.82 Å². The van der Waals surface area contributed by atoms with Gasteiger partial charge in [0.1, 0.15) is 11.6 Å². The lowest BCUT2D eigenvalue weighted by Crippen LogP contribution is -2.11. The molecule has 0 bridgehead atoms. The van der Waals surface area contributed by atoms with Crippen molar-refractivity contribution >= 4 is 0 Å². The van der Waals surface area contributed by atoms with Crippen molar-refractivity contribution in [1.29, 1.82) is 0 Å². The highest BCUT2D eigenvalue weighted by Gasteiger charge is 2.09. The number of benzene rings is 1. The van der Waals surface area contributed by atoms with Gasteiger partial charge in [-0.1, -0.05) is 0 Å². The molecule has 0 amide bonds. The maximum absolute atomic E-state index is 13.0. The van der Waals surface area contributed by atoms with Crippen LogP contribution < -0.4 is 10.5 Å². The molecule has 1 rings (SSSR count). The van der Waals surface area contributed by atoms with Gasteiger partial charge in [0.15, 0.2) is 0 Å². The first-order valence-electron chi connectivity index (χ1n) is 5.36. The first-order valence-corrected chi connectivity index (χ1v) is 5.36. The van der Waals surface area contributed by atoms with E-state index in [2.05, 4.69) is 0 Å². The molecule has 1 aromatic carbocycles. The van der Waals surface area contributed by atoms with Gasteiger partial charge in [0.2, 0.25) is 0 Å². The number of hydrogen-bond acceptors (Lipinski definition) is 3. The first kappa shape index (κ1) is 12.9. The Balaban J connectivity index is 2.71. The third-order valence-corrected chi connectivity index (χ3v) is 2.26. The van der Waals surface area contributed by atoms with Gasteiger partial charge < -0.3 is 15.6 Å². The molecule has 0 aromatic heterocycles. The van der Waals surface area contributed by atoms with Gasteiger partial charge in [0.25, 0.3) is 0 Å². The Morgan fingerprint density at radius 2 is 2.12 bits per heavy atom. The fourth-order valence-corrected chi connectivity index (χ4v) is 1.35. The highest BCUT2D eigenvalue weighted by molar-refractivity contribution is 5.36. The first-order chi connectivity index (χ1) is 7.50. The van der Waals surface area contributed by atoms with Crippen molar-refractivity contribution in [2.45, 2.75) is 32.4 Å². The molecular weight excluding hydrogens is 209 g/mol. The molecule has 0 saturated carbocycles. The van der Waals surface area contributed by atoms with Crippen LogP contribution in [0.15, 0.2) is 18.2 Å². The predicted molar refractivity (Wildman–Crippen MR) is 60.8 cm³/mol. The number of hydrogen-bond donors (Lipinski definition) is 2. The number of aliphatic hydroxyl groups is 1. The summed E-state index contributed by atoms with van der Waals surface area (Å²) in [7, 11) is 0. The molecule has 3 nitrogen and oxygen atoms in total. The van der Waals surface area contributed by atoms with Crippen molar-refractivity contribution in [3.63, 3.8) is 0 Å². The van der Waals surface area contributed by atoms with Gasteiger partial charge in [-0.25, -0.2) is 4.39 Å². The van der Waals surface area contributed by atoms with Crippen LogP contribution in [0.4, 0.5) is 4.39 Å². The minimum atomic E-state index is -0.404. The van der Waals surface area contributed by atoms with Gasteiger partial charge >= 0.3 is 0 Å². The van der Waals surface area contributed by atoms with Gasteiger partial charge in [-0.05, 0) is 32.0 Å². The number of ether oxygens (including phenoxy) is 1. The Morgan fingerprint density at radius 3 is 2.69 bits per heavy atom. The van der Waals surface area contributed by atoms with E-state index in [-0.39, 0.29) is 11.9 Å². The van der Waals surface area contributed by atoms with Crippen molar-refractivity contribution < 1.29 is 14.2 Å². The lowest BCUT2D eigenvalue weighted by atomic mass is 10.1. The van der Waals surface area contributed by atoms with Gasteiger partial charge in [0, 0.05) is 18.0 Å². The molecule has 2 atom stereocenters. The number of rotatable bonds is 5. The van der Waals surface area contributed by atoms with Crippen LogP contribution in [0.1, 0.15) is 31.9 Å². The average molecular weight is 227 g/mol. The highest BCUT2D eigenvalue weighted by Crippen LogP contribution is 2.24. The molecule has 0 aliphatic carbocycles. The average Bonchev–Trinajstić information content (AvgIpc) is 2.19. The van der Waals surface area contributed by atoms with E-state index in [9.17, 15) is 4.39 Å². The second kappa shape index (κ2) is 5.82. The summed E-state index contributed by atoms with van der Waals surface area (Å²) < 4.78 is 18.5. The highest BCUT2D eigenvalue weighted by atomic mass is 19.1. The Hall–Kier alpha value is -1.13. The maximum Gasteiger partial charge on any atom is 0.124 e. The standard InChI is InChI=1S/C12H18FNO2/c1-8(15)5-6-16-12-4-3-10(13)7-11(12)9(2)14/h3-4,7-9,15H,5-6,14H2,1-2H3. The predicted octanol–water partition coefficient (Wildman–Crippen LogP) is 2.00. The van der Waals surface area contributed by atoms with E-state index < -0.39 is 6.10 Å².